The smallest absolute Gasteiger partial charge is 0.244 e. The summed E-state index contributed by atoms with van der Waals surface area (Å²) < 4.78 is 5.58. The largest absolute Gasteiger partial charge is 0.372 e. The maximum Gasteiger partial charge on any atom is 0.244 e. The number of carbonyl (C=O) groups is 1. The topological polar surface area (TPSA) is 38.3 Å². The number of benzene rings is 1. The van der Waals surface area contributed by atoms with Crippen molar-refractivity contribution in [1.82, 2.24) is 5.32 Å². The molecule has 1 atom stereocenters. The molecule has 1 aromatic carbocycles. The summed E-state index contributed by atoms with van der Waals surface area (Å²) in [6.45, 7) is 2.28. The zero-order valence-corrected chi connectivity index (χ0v) is 14.1. The highest BCUT2D eigenvalue weighted by atomic mass is 35.5. The first-order chi connectivity index (χ1) is 10.5. The molecule has 0 bridgehead atoms. The molecule has 2 aromatic rings. The van der Waals surface area contributed by atoms with Gasteiger partial charge in [0.25, 0.3) is 0 Å². The van der Waals surface area contributed by atoms with Crippen molar-refractivity contribution in [1.29, 1.82) is 0 Å². The molecule has 0 saturated carbocycles. The van der Waals surface area contributed by atoms with Crippen molar-refractivity contribution < 1.29 is 9.53 Å². The Morgan fingerprint density at radius 1 is 1.45 bits per heavy atom. The molecule has 0 spiro atoms. The number of nitrogens with one attached hydrogen (secondary N) is 1. The van der Waals surface area contributed by atoms with Gasteiger partial charge in [-0.15, -0.1) is 0 Å². The number of methoxy groups -OCH3 is 1. The van der Waals surface area contributed by atoms with E-state index in [4.69, 9.17) is 16.3 Å². The van der Waals surface area contributed by atoms with E-state index in [-0.39, 0.29) is 5.91 Å². The van der Waals surface area contributed by atoms with Crippen LogP contribution >= 0.6 is 22.9 Å². The zero-order chi connectivity index (χ0) is 16.0. The van der Waals surface area contributed by atoms with Gasteiger partial charge in [0, 0.05) is 18.2 Å². The fourth-order valence-electron chi connectivity index (χ4n) is 1.97. The van der Waals surface area contributed by atoms with Crippen LogP contribution in [0.3, 0.4) is 0 Å². The lowest BCUT2D eigenvalue weighted by Gasteiger charge is -2.29. The summed E-state index contributed by atoms with van der Waals surface area (Å²) in [6, 6.07) is 9.41. The average Bonchev–Trinajstić information content (AvgIpc) is 3.04. The van der Waals surface area contributed by atoms with Crippen LogP contribution in [0.2, 0.25) is 5.02 Å². The van der Waals surface area contributed by atoms with E-state index < -0.39 is 5.60 Å². The molecule has 1 N–H and O–H groups in total. The summed E-state index contributed by atoms with van der Waals surface area (Å²) in [7, 11) is 1.62. The van der Waals surface area contributed by atoms with Crippen LogP contribution in [0, 0.1) is 0 Å². The van der Waals surface area contributed by atoms with Gasteiger partial charge in [-0.2, -0.15) is 11.3 Å². The predicted molar refractivity (Wildman–Crippen MR) is 92.2 cm³/mol. The van der Waals surface area contributed by atoms with Crippen LogP contribution in [0.25, 0.3) is 6.08 Å². The summed E-state index contributed by atoms with van der Waals surface area (Å²) in [6.07, 6.45) is 3.31. The van der Waals surface area contributed by atoms with Crippen molar-refractivity contribution in [2.75, 3.05) is 13.7 Å². The molecular weight excluding hydrogens is 318 g/mol. The maximum atomic E-state index is 11.9. The Balaban J connectivity index is 1.99. The fourth-order valence-corrected chi connectivity index (χ4v) is 2.78. The van der Waals surface area contributed by atoms with Gasteiger partial charge in [-0.3, -0.25) is 4.79 Å². The number of hydrogen-bond acceptors (Lipinski definition) is 3. The number of amides is 1. The van der Waals surface area contributed by atoms with Crippen molar-refractivity contribution in [2.45, 2.75) is 12.5 Å². The molecule has 0 aliphatic heterocycles. The molecule has 3 nitrogen and oxygen atoms in total. The second-order valence-electron chi connectivity index (χ2n) is 5.05. The lowest BCUT2D eigenvalue weighted by molar-refractivity contribution is -0.118. The molecule has 1 amide bonds. The molecule has 22 heavy (non-hydrogen) atoms. The predicted octanol–water partition coefficient (Wildman–Crippen LogP) is 4.09. The third-order valence-corrected chi connectivity index (χ3v) is 4.39. The monoisotopic (exact) mass is 335 g/mol. The first kappa shape index (κ1) is 16.7. The highest BCUT2D eigenvalue weighted by Gasteiger charge is 2.26. The second kappa shape index (κ2) is 7.58. The minimum absolute atomic E-state index is 0.156. The van der Waals surface area contributed by atoms with Gasteiger partial charge in [0.2, 0.25) is 5.91 Å². The molecule has 0 saturated heterocycles. The van der Waals surface area contributed by atoms with Crippen molar-refractivity contribution >= 4 is 34.9 Å². The van der Waals surface area contributed by atoms with Crippen LogP contribution in [-0.2, 0) is 15.1 Å². The van der Waals surface area contributed by atoms with Crippen LogP contribution in [-0.4, -0.2) is 19.6 Å². The lowest BCUT2D eigenvalue weighted by Crippen LogP contribution is -2.39. The van der Waals surface area contributed by atoms with E-state index in [2.05, 4.69) is 5.32 Å². The van der Waals surface area contributed by atoms with Gasteiger partial charge >= 0.3 is 0 Å². The highest BCUT2D eigenvalue weighted by Crippen LogP contribution is 2.26. The quantitative estimate of drug-likeness (QED) is 0.807. The van der Waals surface area contributed by atoms with Gasteiger partial charge in [-0.05, 0) is 53.1 Å². The van der Waals surface area contributed by atoms with E-state index in [0.29, 0.717) is 11.6 Å². The Hall–Kier alpha value is -1.62. The van der Waals surface area contributed by atoms with Crippen molar-refractivity contribution in [3.05, 3.63) is 63.3 Å². The van der Waals surface area contributed by atoms with E-state index in [0.717, 1.165) is 11.1 Å². The number of carbonyl (C=O) groups excluding carboxylic acids is 1. The van der Waals surface area contributed by atoms with Crippen molar-refractivity contribution in [3.63, 3.8) is 0 Å². The average molecular weight is 336 g/mol. The van der Waals surface area contributed by atoms with Crippen molar-refractivity contribution in [3.8, 4) is 0 Å². The number of halogens is 1. The van der Waals surface area contributed by atoms with Gasteiger partial charge < -0.3 is 10.1 Å². The lowest BCUT2D eigenvalue weighted by atomic mass is 9.95. The highest BCUT2D eigenvalue weighted by molar-refractivity contribution is 7.08. The SMILES string of the molecule is CO[C@](C)(CNC(=O)/C=C/c1ccsc1)c1cccc(Cl)c1. The minimum atomic E-state index is -0.628. The second-order valence-corrected chi connectivity index (χ2v) is 6.27. The van der Waals surface area contributed by atoms with E-state index in [9.17, 15) is 4.79 Å². The fraction of sp³-hybridized carbons (Fsp3) is 0.235. The Morgan fingerprint density at radius 2 is 2.27 bits per heavy atom. The van der Waals surface area contributed by atoms with E-state index in [1.807, 2.05) is 48.0 Å². The molecule has 2 rings (SSSR count). The van der Waals surface area contributed by atoms with Crippen LogP contribution in [0.15, 0.2) is 47.2 Å². The van der Waals surface area contributed by atoms with E-state index >= 15 is 0 Å². The summed E-state index contributed by atoms with van der Waals surface area (Å²) in [4.78, 5) is 11.9. The van der Waals surface area contributed by atoms with E-state index in [1.165, 1.54) is 6.08 Å². The zero-order valence-electron chi connectivity index (χ0n) is 12.5. The molecular formula is C17H18ClNO2S. The van der Waals surface area contributed by atoms with Crippen LogP contribution in [0.5, 0.6) is 0 Å². The molecule has 5 heteroatoms. The molecule has 0 fully saturated rings. The molecule has 0 radical (unpaired) electrons. The van der Waals surface area contributed by atoms with E-state index in [1.54, 1.807) is 24.5 Å². The third kappa shape index (κ3) is 4.44. The van der Waals surface area contributed by atoms with Crippen LogP contribution in [0.4, 0.5) is 0 Å². The normalized spacial score (nSPS) is 14.0. The van der Waals surface area contributed by atoms with Crippen molar-refractivity contribution in [2.24, 2.45) is 0 Å². The van der Waals surface area contributed by atoms with Crippen LogP contribution in [0.1, 0.15) is 18.1 Å². The standard InChI is InChI=1S/C17H18ClNO2S/c1-17(21-2,14-4-3-5-15(18)10-14)12-19-16(20)7-6-13-8-9-22-11-13/h3-11H,12H2,1-2H3,(H,19,20)/b7-6+/t17-/m1/s1. The molecule has 0 aliphatic rings. The van der Waals surface area contributed by atoms with Gasteiger partial charge in [-0.1, -0.05) is 23.7 Å². The Bertz CT molecular complexity index is 654. The molecule has 0 unspecified atom stereocenters. The number of hydrogen-bond donors (Lipinski definition) is 1. The van der Waals surface area contributed by atoms with Gasteiger partial charge in [0.1, 0.15) is 5.60 Å². The summed E-state index contributed by atoms with van der Waals surface area (Å²) >= 11 is 7.62. The maximum absolute atomic E-state index is 11.9. The Kier molecular flexibility index (Phi) is 5.77. The van der Waals surface area contributed by atoms with Gasteiger partial charge in [-0.25, -0.2) is 0 Å². The minimum Gasteiger partial charge on any atom is -0.372 e. The van der Waals surface area contributed by atoms with Gasteiger partial charge in [0.15, 0.2) is 0 Å². The molecule has 0 aliphatic carbocycles. The molecule has 1 heterocycles. The van der Waals surface area contributed by atoms with Crippen LogP contribution < -0.4 is 5.32 Å². The molecule has 1 aromatic heterocycles. The summed E-state index contributed by atoms with van der Waals surface area (Å²) in [5.74, 6) is -0.156. The number of rotatable bonds is 6. The summed E-state index contributed by atoms with van der Waals surface area (Å²) in [5, 5.41) is 7.46. The third-order valence-electron chi connectivity index (χ3n) is 3.46. The number of ether oxygens (including phenoxy) is 1. The first-order valence-electron chi connectivity index (χ1n) is 6.83. The Labute approximate surface area is 139 Å². The van der Waals surface area contributed by atoms with Gasteiger partial charge in [0.05, 0.1) is 6.54 Å². The Morgan fingerprint density at radius 3 is 2.91 bits per heavy atom. The summed E-state index contributed by atoms with van der Waals surface area (Å²) in [5.41, 5.74) is 1.31. The first-order valence-corrected chi connectivity index (χ1v) is 8.15. The molecule has 116 valence electrons. The number of thiophene rings is 1.